The first-order valence-electron chi connectivity index (χ1n) is 6.46. The van der Waals surface area contributed by atoms with Crippen molar-refractivity contribution in [2.24, 2.45) is 0 Å². The summed E-state index contributed by atoms with van der Waals surface area (Å²) in [7, 11) is 1.85. The molecule has 0 aliphatic heterocycles. The van der Waals surface area contributed by atoms with E-state index < -0.39 is 0 Å². The molecule has 0 aromatic carbocycles. The Morgan fingerprint density at radius 3 is 2.78 bits per heavy atom. The van der Waals surface area contributed by atoms with Crippen LogP contribution in [0.5, 0.6) is 0 Å². The lowest BCUT2D eigenvalue weighted by Gasteiger charge is -2.31. The fraction of sp³-hybridized carbons (Fsp3) is 0.750. The van der Waals surface area contributed by atoms with E-state index in [0.29, 0.717) is 17.8 Å². The summed E-state index contributed by atoms with van der Waals surface area (Å²) in [5.74, 6) is 1.03. The van der Waals surface area contributed by atoms with Gasteiger partial charge in [0.1, 0.15) is 0 Å². The third-order valence-electron chi connectivity index (χ3n) is 3.40. The van der Waals surface area contributed by atoms with Crippen LogP contribution in [0.3, 0.4) is 0 Å². The maximum atomic E-state index is 11.9. The fourth-order valence-corrected chi connectivity index (χ4v) is 2.32. The molecule has 6 nitrogen and oxygen atoms in total. The molecular formula is C12H20N4O2. The van der Waals surface area contributed by atoms with E-state index in [1.54, 1.807) is 11.8 Å². The first-order chi connectivity index (χ1) is 8.66. The highest BCUT2D eigenvalue weighted by Gasteiger charge is 2.22. The Hall–Kier alpha value is -1.59. The van der Waals surface area contributed by atoms with Gasteiger partial charge in [-0.1, -0.05) is 24.4 Å². The predicted molar refractivity (Wildman–Crippen MR) is 65.9 cm³/mol. The third-order valence-corrected chi connectivity index (χ3v) is 3.40. The van der Waals surface area contributed by atoms with E-state index in [1.165, 1.54) is 19.3 Å². The van der Waals surface area contributed by atoms with E-state index in [-0.39, 0.29) is 12.6 Å². The van der Waals surface area contributed by atoms with Crippen LogP contribution in [0, 0.1) is 6.92 Å². The Labute approximate surface area is 107 Å². The number of hydrogen-bond acceptors (Lipinski definition) is 4. The molecule has 0 atom stereocenters. The summed E-state index contributed by atoms with van der Waals surface area (Å²) in [5.41, 5.74) is 0. The van der Waals surface area contributed by atoms with Crippen molar-refractivity contribution in [3.05, 3.63) is 11.7 Å². The van der Waals surface area contributed by atoms with Gasteiger partial charge in [0.25, 0.3) is 0 Å². The maximum absolute atomic E-state index is 11.9. The highest BCUT2D eigenvalue weighted by molar-refractivity contribution is 5.74. The van der Waals surface area contributed by atoms with Gasteiger partial charge < -0.3 is 14.7 Å². The molecule has 1 aromatic rings. The van der Waals surface area contributed by atoms with Crippen LogP contribution in [0.15, 0.2) is 4.52 Å². The monoisotopic (exact) mass is 252 g/mol. The molecule has 0 unspecified atom stereocenters. The largest absolute Gasteiger partial charge is 0.337 e. The molecule has 0 radical (unpaired) electrons. The van der Waals surface area contributed by atoms with Crippen molar-refractivity contribution in [2.75, 3.05) is 7.05 Å². The second-order valence-corrected chi connectivity index (χ2v) is 4.80. The van der Waals surface area contributed by atoms with Gasteiger partial charge in [0.05, 0.1) is 6.54 Å². The van der Waals surface area contributed by atoms with Gasteiger partial charge in [0.15, 0.2) is 5.82 Å². The molecule has 1 heterocycles. The standard InChI is InChI=1S/C12H20N4O2/c1-9-14-11(18-15-9)8-13-12(17)16(2)10-6-4-3-5-7-10/h10H,3-8H2,1-2H3,(H,13,17). The highest BCUT2D eigenvalue weighted by atomic mass is 16.5. The van der Waals surface area contributed by atoms with Gasteiger partial charge in [-0.2, -0.15) is 4.98 Å². The van der Waals surface area contributed by atoms with Gasteiger partial charge in [0, 0.05) is 13.1 Å². The van der Waals surface area contributed by atoms with Crippen LogP contribution >= 0.6 is 0 Å². The van der Waals surface area contributed by atoms with Crippen LogP contribution in [0.1, 0.15) is 43.8 Å². The van der Waals surface area contributed by atoms with Crippen LogP contribution in [-0.2, 0) is 6.54 Å². The average Bonchev–Trinajstić information content (AvgIpc) is 2.82. The minimum absolute atomic E-state index is 0.0715. The zero-order chi connectivity index (χ0) is 13.0. The molecule has 1 fully saturated rings. The van der Waals surface area contributed by atoms with E-state index in [9.17, 15) is 4.79 Å². The van der Waals surface area contributed by atoms with Gasteiger partial charge in [-0.25, -0.2) is 4.79 Å². The Kier molecular flexibility index (Phi) is 4.17. The van der Waals surface area contributed by atoms with E-state index in [0.717, 1.165) is 12.8 Å². The third kappa shape index (κ3) is 3.21. The van der Waals surface area contributed by atoms with E-state index in [4.69, 9.17) is 4.52 Å². The average molecular weight is 252 g/mol. The smallest absolute Gasteiger partial charge is 0.317 e. The van der Waals surface area contributed by atoms with Gasteiger partial charge in [-0.3, -0.25) is 0 Å². The Morgan fingerprint density at radius 2 is 2.17 bits per heavy atom. The number of hydrogen-bond donors (Lipinski definition) is 1. The van der Waals surface area contributed by atoms with E-state index >= 15 is 0 Å². The molecule has 1 N–H and O–H groups in total. The number of carbonyl (C=O) groups is 1. The van der Waals surface area contributed by atoms with E-state index in [2.05, 4.69) is 15.5 Å². The number of amides is 2. The van der Waals surface area contributed by atoms with Crippen molar-refractivity contribution in [2.45, 2.75) is 51.6 Å². The zero-order valence-electron chi connectivity index (χ0n) is 11.0. The fourth-order valence-electron chi connectivity index (χ4n) is 2.32. The van der Waals surface area contributed by atoms with Crippen molar-refractivity contribution >= 4 is 6.03 Å². The van der Waals surface area contributed by atoms with Gasteiger partial charge in [-0.05, 0) is 19.8 Å². The Balaban J connectivity index is 1.79. The molecule has 2 rings (SSSR count). The molecule has 0 spiro atoms. The van der Waals surface area contributed by atoms with Gasteiger partial charge in [-0.15, -0.1) is 0 Å². The van der Waals surface area contributed by atoms with Gasteiger partial charge >= 0.3 is 6.03 Å². The molecule has 2 amide bonds. The number of carbonyl (C=O) groups excluding carboxylic acids is 1. The minimum atomic E-state index is -0.0715. The first-order valence-corrected chi connectivity index (χ1v) is 6.46. The van der Waals surface area contributed by atoms with Crippen molar-refractivity contribution in [3.63, 3.8) is 0 Å². The summed E-state index contributed by atoms with van der Waals surface area (Å²) < 4.78 is 4.95. The number of urea groups is 1. The van der Waals surface area contributed by atoms with Crippen LogP contribution in [0.2, 0.25) is 0 Å². The highest BCUT2D eigenvalue weighted by Crippen LogP contribution is 2.21. The molecular weight excluding hydrogens is 232 g/mol. The maximum Gasteiger partial charge on any atom is 0.317 e. The molecule has 0 bridgehead atoms. The Bertz CT molecular complexity index is 399. The number of nitrogens with one attached hydrogen (secondary N) is 1. The quantitative estimate of drug-likeness (QED) is 0.891. The summed E-state index contributed by atoms with van der Waals surface area (Å²) in [6, 6.07) is 0.293. The molecule has 18 heavy (non-hydrogen) atoms. The van der Waals surface area contributed by atoms with Crippen LogP contribution in [0.4, 0.5) is 4.79 Å². The first kappa shape index (κ1) is 12.9. The lowest BCUT2D eigenvalue weighted by atomic mass is 9.95. The van der Waals surface area contributed by atoms with Crippen LogP contribution < -0.4 is 5.32 Å². The van der Waals surface area contributed by atoms with Crippen LogP contribution in [-0.4, -0.2) is 34.2 Å². The molecule has 0 saturated heterocycles. The molecule has 1 saturated carbocycles. The molecule has 100 valence electrons. The number of aryl methyl sites for hydroxylation is 1. The summed E-state index contributed by atoms with van der Waals surface area (Å²) in [4.78, 5) is 17.8. The summed E-state index contributed by atoms with van der Waals surface area (Å²) in [6.07, 6.45) is 5.91. The topological polar surface area (TPSA) is 71.3 Å². The predicted octanol–water partition coefficient (Wildman–Crippen LogP) is 1.85. The van der Waals surface area contributed by atoms with Crippen molar-refractivity contribution in [1.82, 2.24) is 20.4 Å². The molecule has 1 aliphatic rings. The molecule has 6 heteroatoms. The molecule has 1 aliphatic carbocycles. The normalized spacial score (nSPS) is 16.6. The summed E-state index contributed by atoms with van der Waals surface area (Å²) >= 11 is 0. The second kappa shape index (κ2) is 5.84. The minimum Gasteiger partial charge on any atom is -0.337 e. The Morgan fingerprint density at radius 1 is 1.44 bits per heavy atom. The zero-order valence-corrected chi connectivity index (χ0v) is 11.0. The number of nitrogens with zero attached hydrogens (tertiary/aromatic N) is 3. The van der Waals surface area contributed by atoms with Crippen molar-refractivity contribution in [3.8, 4) is 0 Å². The summed E-state index contributed by atoms with van der Waals surface area (Å²) in [6.45, 7) is 2.04. The number of rotatable bonds is 3. The van der Waals surface area contributed by atoms with Crippen molar-refractivity contribution < 1.29 is 9.32 Å². The lowest BCUT2D eigenvalue weighted by Crippen LogP contribution is -2.44. The molecule has 1 aromatic heterocycles. The number of aromatic nitrogens is 2. The SMILES string of the molecule is Cc1noc(CNC(=O)N(C)C2CCCCC2)n1. The summed E-state index contributed by atoms with van der Waals surface area (Å²) in [5, 5.41) is 6.48. The van der Waals surface area contributed by atoms with E-state index in [1.807, 2.05) is 7.05 Å². The van der Waals surface area contributed by atoms with Crippen molar-refractivity contribution in [1.29, 1.82) is 0 Å². The van der Waals surface area contributed by atoms with Crippen LogP contribution in [0.25, 0.3) is 0 Å². The lowest BCUT2D eigenvalue weighted by molar-refractivity contribution is 0.172. The van der Waals surface area contributed by atoms with Gasteiger partial charge in [0.2, 0.25) is 5.89 Å². The second-order valence-electron chi connectivity index (χ2n) is 4.80.